The second-order valence-corrected chi connectivity index (χ2v) is 8.73. The van der Waals surface area contributed by atoms with E-state index < -0.39 is 35.1 Å². The van der Waals surface area contributed by atoms with Crippen molar-refractivity contribution in [3.63, 3.8) is 0 Å². The molecule has 11 heteroatoms. The first-order valence-corrected chi connectivity index (χ1v) is 8.46. The van der Waals surface area contributed by atoms with E-state index in [0.29, 0.717) is 16.2 Å². The smallest absolute Gasteiger partial charge is 0.277 e. The van der Waals surface area contributed by atoms with Gasteiger partial charge in [-0.05, 0) is 13.8 Å². The summed E-state index contributed by atoms with van der Waals surface area (Å²) in [5.41, 5.74) is -3.34. The van der Waals surface area contributed by atoms with E-state index in [1.165, 1.54) is 0 Å². The van der Waals surface area contributed by atoms with Crippen molar-refractivity contribution in [1.29, 1.82) is 0 Å². The van der Waals surface area contributed by atoms with Crippen LogP contribution in [0, 0.1) is 0 Å². The summed E-state index contributed by atoms with van der Waals surface area (Å²) in [6, 6.07) is 0. The third kappa shape index (κ3) is 2.73. The lowest BCUT2D eigenvalue weighted by molar-refractivity contribution is 0.256. The van der Waals surface area contributed by atoms with Crippen LogP contribution in [0.2, 0.25) is 0 Å². The van der Waals surface area contributed by atoms with Gasteiger partial charge in [0.25, 0.3) is 10.0 Å². The van der Waals surface area contributed by atoms with Crippen molar-refractivity contribution in [3.8, 4) is 0 Å². The molecule has 17 heavy (non-hydrogen) atoms. The van der Waals surface area contributed by atoms with E-state index in [4.69, 9.17) is 10.2 Å². The van der Waals surface area contributed by atoms with Crippen molar-refractivity contribution in [2.45, 2.75) is 24.7 Å². The van der Waals surface area contributed by atoms with Crippen LogP contribution in [0.15, 0.2) is 5.10 Å². The molecule has 1 rings (SSSR count). The minimum atomic E-state index is -4.06. The Morgan fingerprint density at radius 3 is 2.18 bits per heavy atom. The van der Waals surface area contributed by atoms with Crippen LogP contribution in [0.5, 0.6) is 0 Å². The third-order valence-corrected chi connectivity index (χ3v) is 6.95. The van der Waals surface area contributed by atoms with E-state index in [1.807, 2.05) is 0 Å². The molecule has 2 N–H and O–H groups in total. The first-order valence-electron chi connectivity index (χ1n) is 4.43. The standard InChI is InChI=1S/C6H12N2O6S3/c1-4(9)16(11,12)6-7-8(3-15-6)17(13,14)5(2)10/h4-5,9-10H,3H2,1-2H3. The average Bonchev–Trinajstić information content (AvgIpc) is 2.66. The zero-order valence-corrected chi connectivity index (χ0v) is 11.5. The summed E-state index contributed by atoms with van der Waals surface area (Å²) in [6.45, 7) is 2.08. The van der Waals surface area contributed by atoms with Crippen LogP contribution in [0.25, 0.3) is 0 Å². The second-order valence-electron chi connectivity index (χ2n) is 3.25. The molecule has 1 heterocycles. The first kappa shape index (κ1) is 14.7. The Morgan fingerprint density at radius 1 is 1.24 bits per heavy atom. The van der Waals surface area contributed by atoms with Gasteiger partial charge >= 0.3 is 0 Å². The van der Waals surface area contributed by atoms with Gasteiger partial charge in [0.05, 0.1) is 0 Å². The molecule has 0 saturated carbocycles. The molecule has 0 saturated heterocycles. The molecule has 0 spiro atoms. The van der Waals surface area contributed by atoms with Gasteiger partial charge in [-0.15, -0.1) is 5.10 Å². The Bertz CT molecular complexity index is 520. The Hall–Kier alpha value is -0.360. The largest absolute Gasteiger partial charge is 0.377 e. The van der Waals surface area contributed by atoms with Crippen molar-refractivity contribution >= 4 is 36.0 Å². The fourth-order valence-electron chi connectivity index (χ4n) is 0.851. The van der Waals surface area contributed by atoms with Gasteiger partial charge in [-0.1, -0.05) is 11.8 Å². The van der Waals surface area contributed by atoms with Crippen molar-refractivity contribution in [3.05, 3.63) is 0 Å². The Kier molecular flexibility index (Phi) is 4.08. The lowest BCUT2D eigenvalue weighted by Gasteiger charge is -2.14. The van der Waals surface area contributed by atoms with E-state index in [-0.39, 0.29) is 5.88 Å². The molecule has 0 aromatic heterocycles. The highest BCUT2D eigenvalue weighted by Gasteiger charge is 2.37. The number of aliphatic hydroxyl groups excluding tert-OH is 2. The van der Waals surface area contributed by atoms with Crippen LogP contribution in [0.4, 0.5) is 0 Å². The van der Waals surface area contributed by atoms with Gasteiger partial charge in [-0.2, -0.15) is 4.41 Å². The van der Waals surface area contributed by atoms with E-state index in [2.05, 4.69) is 5.10 Å². The van der Waals surface area contributed by atoms with Crippen LogP contribution in [-0.4, -0.2) is 52.6 Å². The highest BCUT2D eigenvalue weighted by Crippen LogP contribution is 2.26. The molecule has 0 bridgehead atoms. The van der Waals surface area contributed by atoms with E-state index in [1.54, 1.807) is 0 Å². The van der Waals surface area contributed by atoms with Gasteiger partial charge in [0, 0.05) is 0 Å². The minimum absolute atomic E-state index is 0.242. The van der Waals surface area contributed by atoms with Crippen LogP contribution >= 0.6 is 11.8 Å². The number of sulfonamides is 1. The van der Waals surface area contributed by atoms with Gasteiger partial charge in [-0.3, -0.25) is 0 Å². The van der Waals surface area contributed by atoms with Crippen molar-refractivity contribution in [2.75, 3.05) is 5.88 Å². The van der Waals surface area contributed by atoms with E-state index >= 15 is 0 Å². The molecule has 0 aromatic rings. The van der Waals surface area contributed by atoms with Gasteiger partial charge in [-0.25, -0.2) is 16.8 Å². The predicted octanol–water partition coefficient (Wildman–Crippen LogP) is -1.32. The normalized spacial score (nSPS) is 21.2. The van der Waals surface area contributed by atoms with Gasteiger partial charge < -0.3 is 10.2 Å². The molecule has 0 radical (unpaired) electrons. The summed E-state index contributed by atoms with van der Waals surface area (Å²) in [7, 11) is -8.08. The molecule has 0 aliphatic carbocycles. The SMILES string of the molecule is CC(O)S(=O)(=O)C1=NN(S(=O)(=O)C(C)O)CS1. The summed E-state index contributed by atoms with van der Waals surface area (Å²) >= 11 is 0.668. The van der Waals surface area contributed by atoms with Crippen LogP contribution < -0.4 is 0 Å². The van der Waals surface area contributed by atoms with Crippen LogP contribution in [0.1, 0.15) is 13.8 Å². The lowest BCUT2D eigenvalue weighted by atomic mass is 10.9. The third-order valence-electron chi connectivity index (χ3n) is 1.91. The zero-order chi connectivity index (χ0) is 13.4. The maximum absolute atomic E-state index is 11.5. The van der Waals surface area contributed by atoms with Crippen molar-refractivity contribution in [2.24, 2.45) is 5.10 Å². The quantitative estimate of drug-likeness (QED) is 0.663. The molecule has 100 valence electrons. The molecule has 8 nitrogen and oxygen atoms in total. The van der Waals surface area contributed by atoms with E-state index in [9.17, 15) is 16.8 Å². The fraction of sp³-hybridized carbons (Fsp3) is 0.833. The average molecular weight is 304 g/mol. The molecule has 1 aliphatic rings. The first-order chi connectivity index (χ1) is 7.60. The van der Waals surface area contributed by atoms with Crippen LogP contribution in [0.3, 0.4) is 0 Å². The lowest BCUT2D eigenvalue weighted by Crippen LogP contribution is -2.32. The summed E-state index contributed by atoms with van der Waals surface area (Å²) < 4.78 is 45.9. The highest BCUT2D eigenvalue weighted by molar-refractivity contribution is 8.35. The number of rotatable bonds is 3. The maximum atomic E-state index is 11.5. The summed E-state index contributed by atoms with van der Waals surface area (Å²) in [6.07, 6.45) is 0. The minimum Gasteiger partial charge on any atom is -0.377 e. The summed E-state index contributed by atoms with van der Waals surface area (Å²) in [5, 5.41) is 21.5. The molecular weight excluding hydrogens is 292 g/mol. The number of hydrogen-bond acceptors (Lipinski definition) is 8. The number of aliphatic hydroxyl groups is 2. The molecule has 2 unspecified atom stereocenters. The Balaban J connectivity index is 3.07. The molecular formula is C6H12N2O6S3. The Morgan fingerprint density at radius 2 is 1.76 bits per heavy atom. The maximum Gasteiger partial charge on any atom is 0.277 e. The highest BCUT2D eigenvalue weighted by atomic mass is 32.3. The number of thioether (sulfide) groups is 1. The number of nitrogens with zero attached hydrogens (tertiary/aromatic N) is 2. The number of sulfone groups is 1. The second kappa shape index (κ2) is 4.72. The molecule has 0 amide bonds. The van der Waals surface area contributed by atoms with E-state index in [0.717, 1.165) is 13.8 Å². The summed E-state index contributed by atoms with van der Waals surface area (Å²) in [5.74, 6) is -0.242. The van der Waals surface area contributed by atoms with Gasteiger partial charge in [0.15, 0.2) is 10.9 Å². The molecule has 2 atom stereocenters. The predicted molar refractivity (Wildman–Crippen MR) is 62.9 cm³/mol. The number of hydrogen-bond donors (Lipinski definition) is 2. The molecule has 1 aliphatic heterocycles. The fourth-order valence-corrected chi connectivity index (χ4v) is 4.42. The van der Waals surface area contributed by atoms with Crippen molar-refractivity contribution in [1.82, 2.24) is 4.41 Å². The topological polar surface area (TPSA) is 124 Å². The summed E-state index contributed by atoms with van der Waals surface area (Å²) in [4.78, 5) is 0. The van der Waals surface area contributed by atoms with Gasteiger partial charge in [0.1, 0.15) is 5.88 Å². The molecule has 0 aromatic carbocycles. The monoisotopic (exact) mass is 304 g/mol. The number of hydrazone groups is 1. The Labute approximate surface area is 103 Å². The molecule has 0 fully saturated rings. The zero-order valence-electron chi connectivity index (χ0n) is 9.01. The van der Waals surface area contributed by atoms with Gasteiger partial charge in [0.2, 0.25) is 14.2 Å². The van der Waals surface area contributed by atoms with Crippen LogP contribution in [-0.2, 0) is 19.9 Å². The van der Waals surface area contributed by atoms with Crippen molar-refractivity contribution < 1.29 is 27.0 Å².